The molecule has 1 aromatic rings. The Kier molecular flexibility index (Phi) is 9.85. The second-order valence-corrected chi connectivity index (χ2v) is 7.78. The van der Waals surface area contributed by atoms with E-state index in [9.17, 15) is 4.39 Å². The molecule has 26 heavy (non-hydrogen) atoms. The van der Waals surface area contributed by atoms with Gasteiger partial charge in [-0.2, -0.15) is 0 Å². The molecule has 0 amide bonds. The van der Waals surface area contributed by atoms with Gasteiger partial charge in [0.1, 0.15) is 5.82 Å². The topological polar surface area (TPSA) is 45.7 Å². The summed E-state index contributed by atoms with van der Waals surface area (Å²) in [5, 5.41) is 6.68. The van der Waals surface area contributed by atoms with Gasteiger partial charge in [-0.25, -0.2) is 4.39 Å². The fourth-order valence-electron chi connectivity index (χ4n) is 3.47. The van der Waals surface area contributed by atoms with E-state index in [-0.39, 0.29) is 41.3 Å². The average Bonchev–Trinajstić information content (AvgIpc) is 2.59. The smallest absolute Gasteiger partial charge is 0.190 e. The van der Waals surface area contributed by atoms with Crippen LogP contribution in [0.2, 0.25) is 0 Å². The predicted octanol–water partition coefficient (Wildman–Crippen LogP) is 3.99. The molecular formula is C20H33FIN3O. The molecule has 0 saturated carbocycles. The number of ether oxygens (including phenoxy) is 1. The Hall–Kier alpha value is -0.890. The van der Waals surface area contributed by atoms with Crippen molar-refractivity contribution in [2.24, 2.45) is 16.3 Å². The van der Waals surface area contributed by atoms with Crippen LogP contribution in [0.4, 0.5) is 4.39 Å². The van der Waals surface area contributed by atoms with E-state index >= 15 is 0 Å². The molecule has 1 heterocycles. The summed E-state index contributed by atoms with van der Waals surface area (Å²) in [6.07, 6.45) is 3.16. The van der Waals surface area contributed by atoms with Crippen LogP contribution in [-0.2, 0) is 11.2 Å². The first-order chi connectivity index (χ1) is 11.9. The van der Waals surface area contributed by atoms with Crippen LogP contribution < -0.4 is 10.6 Å². The van der Waals surface area contributed by atoms with Crippen LogP contribution in [0.1, 0.15) is 39.2 Å². The zero-order chi connectivity index (χ0) is 18.3. The molecule has 1 fully saturated rings. The van der Waals surface area contributed by atoms with E-state index in [1.807, 2.05) is 12.1 Å². The average molecular weight is 477 g/mol. The van der Waals surface area contributed by atoms with Crippen molar-refractivity contribution >= 4 is 29.9 Å². The van der Waals surface area contributed by atoms with Gasteiger partial charge in [0, 0.05) is 32.7 Å². The maximum atomic E-state index is 13.7. The molecule has 2 unspecified atom stereocenters. The van der Waals surface area contributed by atoms with Gasteiger partial charge >= 0.3 is 0 Å². The van der Waals surface area contributed by atoms with Crippen LogP contribution in [0.25, 0.3) is 0 Å². The molecule has 2 N–H and O–H groups in total. The Bertz CT molecular complexity index is 574. The van der Waals surface area contributed by atoms with E-state index in [0.29, 0.717) is 18.9 Å². The molecule has 0 aromatic heterocycles. The third-order valence-electron chi connectivity index (χ3n) is 4.70. The van der Waals surface area contributed by atoms with Gasteiger partial charge < -0.3 is 15.4 Å². The maximum Gasteiger partial charge on any atom is 0.190 e. The molecule has 1 saturated heterocycles. The van der Waals surface area contributed by atoms with Crippen LogP contribution in [-0.4, -0.2) is 38.8 Å². The molecule has 148 valence electrons. The highest BCUT2D eigenvalue weighted by atomic mass is 127. The first-order valence-corrected chi connectivity index (χ1v) is 9.21. The van der Waals surface area contributed by atoms with Crippen LogP contribution in [0.5, 0.6) is 0 Å². The van der Waals surface area contributed by atoms with E-state index in [1.54, 1.807) is 13.1 Å². The van der Waals surface area contributed by atoms with Crippen LogP contribution in [0, 0.1) is 17.2 Å². The fourth-order valence-corrected chi connectivity index (χ4v) is 3.47. The van der Waals surface area contributed by atoms with Crippen LogP contribution >= 0.6 is 24.0 Å². The van der Waals surface area contributed by atoms with Crippen molar-refractivity contribution < 1.29 is 9.13 Å². The SMILES string of the molecule is CN=C(NCCc1ccccc1F)NCC1CCCOC1C(C)(C)C.I. The van der Waals surface area contributed by atoms with Gasteiger partial charge in [0.05, 0.1) is 6.10 Å². The van der Waals surface area contributed by atoms with Crippen LogP contribution in [0.15, 0.2) is 29.3 Å². The fraction of sp³-hybridized carbons (Fsp3) is 0.650. The van der Waals surface area contributed by atoms with E-state index in [0.717, 1.165) is 31.1 Å². The number of hydrogen-bond donors (Lipinski definition) is 2. The highest BCUT2D eigenvalue weighted by Crippen LogP contribution is 2.33. The molecule has 0 aliphatic carbocycles. The van der Waals surface area contributed by atoms with Gasteiger partial charge in [0.15, 0.2) is 5.96 Å². The minimum atomic E-state index is -0.153. The second kappa shape index (κ2) is 11.1. The van der Waals surface area contributed by atoms with E-state index < -0.39 is 0 Å². The maximum absolute atomic E-state index is 13.7. The van der Waals surface area contributed by atoms with Gasteiger partial charge in [-0.15, -0.1) is 24.0 Å². The lowest BCUT2D eigenvalue weighted by Gasteiger charge is -2.40. The number of nitrogens with one attached hydrogen (secondary N) is 2. The summed E-state index contributed by atoms with van der Waals surface area (Å²) in [6.45, 7) is 9.03. The summed E-state index contributed by atoms with van der Waals surface area (Å²) in [6, 6.07) is 6.89. The Balaban J connectivity index is 0.00000338. The number of halogens is 2. The minimum Gasteiger partial charge on any atom is -0.377 e. The second-order valence-electron chi connectivity index (χ2n) is 7.78. The number of aliphatic imine (C=N–C) groups is 1. The summed E-state index contributed by atoms with van der Waals surface area (Å²) in [7, 11) is 1.76. The first kappa shape index (κ1) is 23.1. The summed E-state index contributed by atoms with van der Waals surface area (Å²) in [5.41, 5.74) is 0.855. The molecule has 4 nitrogen and oxygen atoms in total. The van der Waals surface area contributed by atoms with Gasteiger partial charge in [-0.05, 0) is 36.3 Å². The lowest BCUT2D eigenvalue weighted by atomic mass is 9.78. The molecule has 1 aliphatic heterocycles. The minimum absolute atomic E-state index is 0. The van der Waals surface area contributed by atoms with Crippen molar-refractivity contribution in [2.45, 2.75) is 46.1 Å². The molecular weight excluding hydrogens is 444 g/mol. The Morgan fingerprint density at radius 3 is 2.65 bits per heavy atom. The van der Waals surface area contributed by atoms with Crippen molar-refractivity contribution in [2.75, 3.05) is 26.7 Å². The molecule has 2 rings (SSSR count). The first-order valence-electron chi connectivity index (χ1n) is 9.21. The van der Waals surface area contributed by atoms with Gasteiger partial charge in [-0.1, -0.05) is 39.0 Å². The Labute approximate surface area is 174 Å². The third-order valence-corrected chi connectivity index (χ3v) is 4.70. The van der Waals surface area contributed by atoms with Gasteiger partial charge in [0.2, 0.25) is 0 Å². The molecule has 1 aliphatic rings. The number of nitrogens with zero attached hydrogens (tertiary/aromatic N) is 1. The molecule has 0 bridgehead atoms. The zero-order valence-electron chi connectivity index (χ0n) is 16.3. The van der Waals surface area contributed by atoms with Crippen molar-refractivity contribution in [1.29, 1.82) is 0 Å². The molecule has 0 spiro atoms. The predicted molar refractivity (Wildman–Crippen MR) is 117 cm³/mol. The van der Waals surface area contributed by atoms with E-state index in [4.69, 9.17) is 4.74 Å². The van der Waals surface area contributed by atoms with Gasteiger partial charge in [-0.3, -0.25) is 4.99 Å². The number of rotatable bonds is 5. The Morgan fingerprint density at radius 1 is 1.27 bits per heavy atom. The molecule has 6 heteroatoms. The largest absolute Gasteiger partial charge is 0.377 e. The highest BCUT2D eigenvalue weighted by Gasteiger charge is 2.35. The van der Waals surface area contributed by atoms with Crippen molar-refractivity contribution in [3.8, 4) is 0 Å². The van der Waals surface area contributed by atoms with Crippen LogP contribution in [0.3, 0.4) is 0 Å². The van der Waals surface area contributed by atoms with E-state index in [1.165, 1.54) is 12.5 Å². The summed E-state index contributed by atoms with van der Waals surface area (Å²) >= 11 is 0. The lowest BCUT2D eigenvalue weighted by molar-refractivity contribution is -0.0835. The normalized spacial score (nSPS) is 21.0. The molecule has 2 atom stereocenters. The number of benzene rings is 1. The van der Waals surface area contributed by atoms with Crippen molar-refractivity contribution in [3.63, 3.8) is 0 Å². The quantitative estimate of drug-likeness (QED) is 0.383. The lowest BCUT2D eigenvalue weighted by Crippen LogP contribution is -2.47. The summed E-state index contributed by atoms with van der Waals surface area (Å²) in [4.78, 5) is 4.27. The van der Waals surface area contributed by atoms with Gasteiger partial charge in [0.25, 0.3) is 0 Å². The molecule has 0 radical (unpaired) electrons. The zero-order valence-corrected chi connectivity index (χ0v) is 18.7. The monoisotopic (exact) mass is 477 g/mol. The Morgan fingerprint density at radius 2 is 2.00 bits per heavy atom. The summed E-state index contributed by atoms with van der Waals surface area (Å²) in [5.74, 6) is 1.08. The van der Waals surface area contributed by atoms with E-state index in [2.05, 4.69) is 36.4 Å². The van der Waals surface area contributed by atoms with Crippen molar-refractivity contribution in [3.05, 3.63) is 35.6 Å². The molecule has 1 aromatic carbocycles. The summed E-state index contributed by atoms with van der Waals surface area (Å²) < 4.78 is 19.7. The highest BCUT2D eigenvalue weighted by molar-refractivity contribution is 14.0. The number of guanidine groups is 1. The third kappa shape index (κ3) is 7.02. The standard InChI is InChI=1S/C20H32FN3O.HI/c1-20(2,3)18-16(9-7-13-25-18)14-24-19(22-4)23-12-11-15-8-5-6-10-17(15)21;/h5-6,8,10,16,18H,7,9,11-14H2,1-4H3,(H2,22,23,24);1H. The van der Waals surface area contributed by atoms with Crippen molar-refractivity contribution in [1.82, 2.24) is 10.6 Å². The number of hydrogen-bond acceptors (Lipinski definition) is 2.